The van der Waals surface area contributed by atoms with Crippen molar-refractivity contribution in [2.45, 2.75) is 31.3 Å². The lowest BCUT2D eigenvalue weighted by Gasteiger charge is -2.20. The molecule has 1 aromatic carbocycles. The van der Waals surface area contributed by atoms with Gasteiger partial charge in [0.1, 0.15) is 0 Å². The zero-order chi connectivity index (χ0) is 17.1. The minimum absolute atomic E-state index is 0. The van der Waals surface area contributed by atoms with Crippen molar-refractivity contribution < 1.29 is 4.21 Å². The summed E-state index contributed by atoms with van der Waals surface area (Å²) in [6, 6.07) is 9.97. The van der Waals surface area contributed by atoms with Gasteiger partial charge >= 0.3 is 0 Å². The van der Waals surface area contributed by atoms with E-state index >= 15 is 0 Å². The summed E-state index contributed by atoms with van der Waals surface area (Å²) in [6.07, 6.45) is 2.10. The summed E-state index contributed by atoms with van der Waals surface area (Å²) in [5.41, 5.74) is 1.12. The fourth-order valence-electron chi connectivity index (χ4n) is 1.79. The number of thioether (sulfide) groups is 1. The van der Waals surface area contributed by atoms with Crippen molar-refractivity contribution in [2.24, 2.45) is 4.99 Å². The fraction of sp³-hybridized carbons (Fsp3) is 0.588. The van der Waals surface area contributed by atoms with E-state index in [1.807, 2.05) is 37.3 Å². The van der Waals surface area contributed by atoms with Gasteiger partial charge in [0.15, 0.2) is 5.96 Å². The normalized spacial score (nSPS) is 13.1. The largest absolute Gasteiger partial charge is 0.357 e. The number of benzene rings is 1. The molecule has 138 valence electrons. The average molecular weight is 483 g/mol. The highest BCUT2D eigenvalue weighted by Gasteiger charge is 2.15. The third-order valence-corrected chi connectivity index (χ3v) is 5.86. The van der Waals surface area contributed by atoms with Crippen LogP contribution in [0.2, 0.25) is 0 Å². The Balaban J connectivity index is 0.00000529. The number of hydrogen-bond acceptors (Lipinski definition) is 3. The Morgan fingerprint density at radius 3 is 2.50 bits per heavy atom. The number of hydrogen-bond donors (Lipinski definition) is 2. The summed E-state index contributed by atoms with van der Waals surface area (Å²) in [4.78, 5) is 4.61. The van der Waals surface area contributed by atoms with Crippen LogP contribution >= 0.6 is 35.7 Å². The Bertz CT molecular complexity index is 510. The Morgan fingerprint density at radius 2 is 1.92 bits per heavy atom. The van der Waals surface area contributed by atoms with Crippen LogP contribution in [0, 0.1) is 0 Å². The topological polar surface area (TPSA) is 53.5 Å². The molecule has 0 radical (unpaired) electrons. The fourth-order valence-corrected chi connectivity index (χ4v) is 3.02. The quantitative estimate of drug-likeness (QED) is 0.322. The van der Waals surface area contributed by atoms with Crippen LogP contribution in [-0.4, -0.2) is 46.6 Å². The second-order valence-corrected chi connectivity index (χ2v) is 8.95. The zero-order valence-corrected chi connectivity index (χ0v) is 19.0. The standard InChI is InChI=1S/C17H29N3OS2.HI/c1-5-18-16(20-14-17(2,3)22-4)19-11-12-23(21)13-15-9-7-6-8-10-15;/h6-10H,5,11-14H2,1-4H3,(H2,18,19,20);1H. The van der Waals surface area contributed by atoms with E-state index in [9.17, 15) is 4.21 Å². The van der Waals surface area contributed by atoms with E-state index in [0.717, 1.165) is 24.6 Å². The predicted octanol–water partition coefficient (Wildman–Crippen LogP) is 3.25. The molecule has 0 heterocycles. The number of aliphatic imine (C=N–C) groups is 1. The molecule has 7 heteroatoms. The van der Waals surface area contributed by atoms with Crippen molar-refractivity contribution in [2.75, 3.05) is 31.6 Å². The van der Waals surface area contributed by atoms with Gasteiger partial charge in [-0.1, -0.05) is 30.3 Å². The summed E-state index contributed by atoms with van der Waals surface area (Å²) >= 11 is 1.81. The van der Waals surface area contributed by atoms with Gasteiger partial charge < -0.3 is 10.6 Å². The van der Waals surface area contributed by atoms with Crippen molar-refractivity contribution in [3.8, 4) is 0 Å². The first-order valence-corrected chi connectivity index (χ1v) is 10.6. The SMILES string of the molecule is CCNC(=NCC(C)(C)SC)NCCS(=O)Cc1ccccc1.I. The van der Waals surface area contributed by atoms with Crippen molar-refractivity contribution >= 4 is 52.5 Å². The van der Waals surface area contributed by atoms with E-state index in [2.05, 4.69) is 35.7 Å². The Kier molecular flexibility index (Phi) is 12.8. The number of nitrogens with zero attached hydrogens (tertiary/aromatic N) is 1. The van der Waals surface area contributed by atoms with Crippen LogP contribution in [0.1, 0.15) is 26.3 Å². The molecule has 0 saturated carbocycles. The molecule has 0 aliphatic carbocycles. The number of halogens is 1. The lowest BCUT2D eigenvalue weighted by molar-refractivity contribution is 0.680. The molecule has 2 N–H and O–H groups in total. The second kappa shape index (κ2) is 13.0. The van der Waals surface area contributed by atoms with Crippen molar-refractivity contribution in [3.05, 3.63) is 35.9 Å². The molecule has 0 aromatic heterocycles. The third kappa shape index (κ3) is 10.6. The first-order valence-electron chi connectivity index (χ1n) is 7.93. The summed E-state index contributed by atoms with van der Waals surface area (Å²) in [6.45, 7) is 8.63. The van der Waals surface area contributed by atoms with Crippen LogP contribution in [-0.2, 0) is 16.6 Å². The van der Waals surface area contributed by atoms with E-state index in [4.69, 9.17) is 0 Å². The molecule has 1 rings (SSSR count). The first-order chi connectivity index (χ1) is 11.0. The molecule has 0 fully saturated rings. The monoisotopic (exact) mass is 483 g/mol. The number of guanidine groups is 1. The smallest absolute Gasteiger partial charge is 0.191 e. The van der Waals surface area contributed by atoms with Gasteiger partial charge in [-0.3, -0.25) is 9.20 Å². The summed E-state index contributed by atoms with van der Waals surface area (Å²) in [5, 5.41) is 6.50. The molecule has 1 aromatic rings. The van der Waals surface area contributed by atoms with E-state index in [-0.39, 0.29) is 28.7 Å². The van der Waals surface area contributed by atoms with Crippen LogP contribution in [0.15, 0.2) is 35.3 Å². The van der Waals surface area contributed by atoms with Crippen LogP contribution in [0.5, 0.6) is 0 Å². The van der Waals surface area contributed by atoms with Crippen LogP contribution in [0.3, 0.4) is 0 Å². The molecule has 0 bridgehead atoms. The van der Waals surface area contributed by atoms with Gasteiger partial charge in [-0.25, -0.2) is 0 Å². The summed E-state index contributed by atoms with van der Waals surface area (Å²) < 4.78 is 12.2. The van der Waals surface area contributed by atoms with Gasteiger partial charge in [-0.05, 0) is 32.6 Å². The Labute approximate surface area is 170 Å². The van der Waals surface area contributed by atoms with Gasteiger partial charge in [-0.2, -0.15) is 11.8 Å². The molecule has 24 heavy (non-hydrogen) atoms. The highest BCUT2D eigenvalue weighted by molar-refractivity contribution is 14.0. The maximum Gasteiger partial charge on any atom is 0.191 e. The highest BCUT2D eigenvalue weighted by Crippen LogP contribution is 2.20. The highest BCUT2D eigenvalue weighted by atomic mass is 127. The lowest BCUT2D eigenvalue weighted by Crippen LogP contribution is -2.40. The molecule has 1 unspecified atom stereocenters. The van der Waals surface area contributed by atoms with Crippen LogP contribution in [0.25, 0.3) is 0 Å². The maximum atomic E-state index is 12.1. The van der Waals surface area contributed by atoms with Gasteiger partial charge in [0.05, 0.1) is 6.54 Å². The minimum atomic E-state index is -0.863. The Hall–Kier alpha value is -0.280. The number of nitrogens with one attached hydrogen (secondary N) is 2. The van der Waals surface area contributed by atoms with E-state index in [0.29, 0.717) is 18.1 Å². The van der Waals surface area contributed by atoms with Crippen molar-refractivity contribution in [1.82, 2.24) is 10.6 Å². The average Bonchev–Trinajstić information content (AvgIpc) is 2.53. The molecule has 0 spiro atoms. The summed E-state index contributed by atoms with van der Waals surface area (Å²) in [5.74, 6) is 2.02. The van der Waals surface area contributed by atoms with E-state index in [1.165, 1.54) is 0 Å². The third-order valence-electron chi connectivity index (χ3n) is 3.31. The van der Waals surface area contributed by atoms with Gasteiger partial charge in [0, 0.05) is 40.1 Å². The van der Waals surface area contributed by atoms with Gasteiger partial charge in [-0.15, -0.1) is 24.0 Å². The molecule has 0 amide bonds. The molecular formula is C17H30IN3OS2. The van der Waals surface area contributed by atoms with E-state index in [1.54, 1.807) is 11.8 Å². The molecule has 1 atom stereocenters. The van der Waals surface area contributed by atoms with Crippen molar-refractivity contribution in [1.29, 1.82) is 0 Å². The molecule has 0 saturated heterocycles. The number of rotatable bonds is 9. The molecule has 0 aliphatic heterocycles. The molecule has 4 nitrogen and oxygen atoms in total. The lowest BCUT2D eigenvalue weighted by atomic mass is 10.2. The van der Waals surface area contributed by atoms with Crippen LogP contribution < -0.4 is 10.6 Å². The first kappa shape index (κ1) is 23.7. The predicted molar refractivity (Wildman–Crippen MR) is 120 cm³/mol. The minimum Gasteiger partial charge on any atom is -0.357 e. The van der Waals surface area contributed by atoms with E-state index < -0.39 is 10.8 Å². The molecule has 0 aliphatic rings. The summed E-state index contributed by atoms with van der Waals surface area (Å²) in [7, 11) is -0.863. The Morgan fingerprint density at radius 1 is 1.25 bits per heavy atom. The molecular weight excluding hydrogens is 453 g/mol. The van der Waals surface area contributed by atoms with Gasteiger partial charge in [0.2, 0.25) is 0 Å². The second-order valence-electron chi connectivity index (χ2n) is 5.86. The van der Waals surface area contributed by atoms with Crippen molar-refractivity contribution in [3.63, 3.8) is 0 Å². The van der Waals surface area contributed by atoms with Crippen LogP contribution in [0.4, 0.5) is 0 Å². The maximum absolute atomic E-state index is 12.1. The van der Waals surface area contributed by atoms with Gasteiger partial charge in [0.25, 0.3) is 0 Å². The zero-order valence-electron chi connectivity index (χ0n) is 15.0.